The third-order valence-electron chi connectivity index (χ3n) is 1.57. The van der Waals surface area contributed by atoms with E-state index in [9.17, 15) is 5.11 Å². The van der Waals surface area contributed by atoms with E-state index in [1.54, 1.807) is 6.07 Å². The fourth-order valence-electron chi connectivity index (χ4n) is 1.07. The van der Waals surface area contributed by atoms with Crippen LogP contribution >= 0.6 is 0 Å². The van der Waals surface area contributed by atoms with Gasteiger partial charge in [0.2, 0.25) is 0 Å². The number of nitrogens with one attached hydrogen (secondary N) is 1. The van der Waals surface area contributed by atoms with E-state index in [2.05, 4.69) is 4.98 Å². The summed E-state index contributed by atoms with van der Waals surface area (Å²) in [6, 6.07) is 7.27. The highest BCUT2D eigenvalue weighted by Crippen LogP contribution is 2.22. The van der Waals surface area contributed by atoms with E-state index < -0.39 is 0 Å². The fraction of sp³-hybridized carbons (Fsp3) is 0. The van der Waals surface area contributed by atoms with Crippen LogP contribution in [0.5, 0.6) is 5.75 Å². The van der Waals surface area contributed by atoms with Gasteiger partial charge in [-0.1, -0.05) is 6.07 Å². The molecule has 1 aromatic carbocycles. The molecule has 0 saturated carbocycles. The number of hydrogen-bond donors (Lipinski definition) is 2. The number of aromatic nitrogens is 1. The largest absolute Gasteiger partial charge is 0.507 e. The molecule has 1 aromatic heterocycles. The molecule has 2 heteroatoms. The van der Waals surface area contributed by atoms with Crippen molar-refractivity contribution in [1.82, 2.24) is 4.98 Å². The number of rotatable bonds is 0. The quantitative estimate of drug-likeness (QED) is 0.568. The number of hydrogen-bond acceptors (Lipinski definition) is 1. The zero-order valence-electron chi connectivity index (χ0n) is 5.33. The highest BCUT2D eigenvalue weighted by molar-refractivity contribution is 5.85. The van der Waals surface area contributed by atoms with Gasteiger partial charge in [-0.3, -0.25) is 0 Å². The average molecular weight is 135 g/mol. The summed E-state index contributed by atoms with van der Waals surface area (Å²) in [4.78, 5) is 3.00. The first kappa shape index (κ1) is 5.35. The first-order valence-corrected chi connectivity index (χ1v) is 3.13. The standard InChI is InChI=1S/C8H7NO/c10-8-3-1-2-7-6(8)4-5-9-7/h1-5,9-10H/i5+2. The number of H-pyrrole nitrogens is 1. The molecular formula is C8H7NO. The Kier molecular flexibility index (Phi) is 0.947. The molecule has 0 fully saturated rings. The fourth-order valence-corrected chi connectivity index (χ4v) is 1.07. The molecule has 0 spiro atoms. The Bertz CT molecular complexity index is 351. The van der Waals surface area contributed by atoms with Gasteiger partial charge in [-0.2, -0.15) is 0 Å². The van der Waals surface area contributed by atoms with Crippen molar-refractivity contribution in [2.24, 2.45) is 0 Å². The molecule has 50 valence electrons. The predicted molar refractivity (Wildman–Crippen MR) is 40.0 cm³/mol. The second-order valence-corrected chi connectivity index (χ2v) is 2.22. The van der Waals surface area contributed by atoms with E-state index in [1.807, 2.05) is 24.4 Å². The molecular weight excluding hydrogens is 128 g/mol. The number of aromatic amines is 1. The smallest absolute Gasteiger partial charge is 0.124 e. The van der Waals surface area contributed by atoms with Crippen molar-refractivity contribution in [2.75, 3.05) is 0 Å². The lowest BCUT2D eigenvalue weighted by Crippen LogP contribution is -1.66. The summed E-state index contributed by atoms with van der Waals surface area (Å²) in [5, 5.41) is 10.1. The second kappa shape index (κ2) is 1.77. The van der Waals surface area contributed by atoms with E-state index in [-0.39, 0.29) is 0 Å². The van der Waals surface area contributed by atoms with Gasteiger partial charge < -0.3 is 10.1 Å². The normalized spacial score (nSPS) is 10.4. The van der Waals surface area contributed by atoms with Gasteiger partial charge >= 0.3 is 0 Å². The van der Waals surface area contributed by atoms with Crippen LogP contribution in [0.3, 0.4) is 0 Å². The van der Waals surface area contributed by atoms with Crippen molar-refractivity contribution in [2.45, 2.75) is 0 Å². The van der Waals surface area contributed by atoms with Gasteiger partial charge in [-0.25, -0.2) is 0 Å². The van der Waals surface area contributed by atoms with Crippen molar-refractivity contribution in [1.29, 1.82) is 0 Å². The molecule has 10 heavy (non-hydrogen) atoms. The van der Waals surface area contributed by atoms with Crippen LogP contribution in [-0.4, -0.2) is 10.1 Å². The van der Waals surface area contributed by atoms with Crippen LogP contribution in [0.25, 0.3) is 10.9 Å². The molecule has 2 aromatic rings. The Balaban J connectivity index is 2.95. The highest BCUT2D eigenvalue weighted by Gasteiger charge is 1.96. The molecule has 0 aliphatic heterocycles. The van der Waals surface area contributed by atoms with Crippen molar-refractivity contribution < 1.29 is 5.11 Å². The van der Waals surface area contributed by atoms with E-state index in [0.29, 0.717) is 5.75 Å². The zero-order chi connectivity index (χ0) is 6.97. The molecule has 0 radical (unpaired) electrons. The number of benzene rings is 1. The van der Waals surface area contributed by atoms with Gasteiger partial charge in [-0.15, -0.1) is 0 Å². The van der Waals surface area contributed by atoms with Crippen molar-refractivity contribution >= 4 is 10.9 Å². The SMILES string of the molecule is Oc1cccc2[nH][14cH]cc12. The van der Waals surface area contributed by atoms with Crippen LogP contribution in [0, 0.1) is 0 Å². The maximum absolute atomic E-state index is 9.24. The molecule has 0 aliphatic rings. The lowest BCUT2D eigenvalue weighted by molar-refractivity contribution is 0.482. The van der Waals surface area contributed by atoms with Gasteiger partial charge in [0.15, 0.2) is 0 Å². The average Bonchev–Trinajstić information content (AvgIpc) is 2.36. The minimum absolute atomic E-state index is 0.332. The van der Waals surface area contributed by atoms with Gasteiger partial charge in [0.1, 0.15) is 5.75 Å². The summed E-state index contributed by atoms with van der Waals surface area (Å²) in [7, 11) is 0. The first-order valence-electron chi connectivity index (χ1n) is 3.13. The lowest BCUT2D eigenvalue weighted by Gasteiger charge is -1.91. The summed E-state index contributed by atoms with van der Waals surface area (Å²) in [5.41, 5.74) is 0.972. The Labute approximate surface area is 58.1 Å². The summed E-state index contributed by atoms with van der Waals surface area (Å²) >= 11 is 0. The summed E-state index contributed by atoms with van der Waals surface area (Å²) in [5.74, 6) is 0.332. The topological polar surface area (TPSA) is 36.0 Å². The Morgan fingerprint density at radius 3 is 3.10 bits per heavy atom. The maximum Gasteiger partial charge on any atom is 0.124 e. The number of phenolic OH excluding ortho intramolecular Hbond substituents is 1. The van der Waals surface area contributed by atoms with Gasteiger partial charge in [-0.05, 0) is 18.2 Å². The number of aromatic hydroxyl groups is 1. The van der Waals surface area contributed by atoms with Crippen LogP contribution in [-0.2, 0) is 0 Å². The van der Waals surface area contributed by atoms with Crippen molar-refractivity contribution in [3.63, 3.8) is 0 Å². The minimum Gasteiger partial charge on any atom is -0.507 e. The molecule has 2 nitrogen and oxygen atoms in total. The van der Waals surface area contributed by atoms with Crippen LogP contribution < -0.4 is 0 Å². The maximum atomic E-state index is 9.24. The third kappa shape index (κ3) is 0.589. The van der Waals surface area contributed by atoms with Gasteiger partial charge in [0.25, 0.3) is 0 Å². The molecule has 2 rings (SSSR count). The second-order valence-electron chi connectivity index (χ2n) is 2.22. The Hall–Kier alpha value is -1.44. The van der Waals surface area contributed by atoms with E-state index in [1.165, 1.54) is 0 Å². The molecule has 0 bridgehead atoms. The van der Waals surface area contributed by atoms with Crippen LogP contribution in [0.2, 0.25) is 0 Å². The molecule has 0 amide bonds. The van der Waals surface area contributed by atoms with E-state index >= 15 is 0 Å². The van der Waals surface area contributed by atoms with Crippen LogP contribution in [0.15, 0.2) is 30.5 Å². The Morgan fingerprint density at radius 2 is 2.30 bits per heavy atom. The van der Waals surface area contributed by atoms with Crippen LogP contribution in [0.1, 0.15) is 0 Å². The molecule has 0 saturated heterocycles. The molecule has 1 heterocycles. The number of phenols is 1. The van der Waals surface area contributed by atoms with E-state index in [0.717, 1.165) is 10.9 Å². The first-order chi connectivity index (χ1) is 4.88. The minimum atomic E-state index is 0.332. The molecule has 0 aliphatic carbocycles. The van der Waals surface area contributed by atoms with Crippen LogP contribution in [0.4, 0.5) is 0 Å². The highest BCUT2D eigenvalue weighted by atomic mass is 16.3. The summed E-state index contributed by atoms with van der Waals surface area (Å²) in [6.07, 6.45) is 1.81. The summed E-state index contributed by atoms with van der Waals surface area (Å²) < 4.78 is 0. The number of fused-ring (bicyclic) bond motifs is 1. The van der Waals surface area contributed by atoms with Gasteiger partial charge in [0, 0.05) is 17.1 Å². The molecule has 0 atom stereocenters. The van der Waals surface area contributed by atoms with Crippen molar-refractivity contribution in [3.8, 4) is 5.75 Å². The molecule has 0 unspecified atom stereocenters. The van der Waals surface area contributed by atoms with E-state index in [4.69, 9.17) is 0 Å². The predicted octanol–water partition coefficient (Wildman–Crippen LogP) is 1.87. The van der Waals surface area contributed by atoms with Crippen molar-refractivity contribution in [3.05, 3.63) is 30.5 Å². The molecule has 2 N–H and O–H groups in total. The zero-order valence-corrected chi connectivity index (χ0v) is 5.33. The lowest BCUT2D eigenvalue weighted by atomic mass is 10.2. The monoisotopic (exact) mass is 135 g/mol. The third-order valence-corrected chi connectivity index (χ3v) is 1.57. The summed E-state index contributed by atoms with van der Waals surface area (Å²) in [6.45, 7) is 0. The Morgan fingerprint density at radius 1 is 1.40 bits per heavy atom. The van der Waals surface area contributed by atoms with Gasteiger partial charge in [0.05, 0.1) is 0 Å².